The SMILES string of the molecule is N=C(N)c1ccc(Sc2ccc(C(F)(F)F)cn2)cc1Cl. The van der Waals surface area contributed by atoms with Gasteiger partial charge in [0.1, 0.15) is 10.9 Å². The minimum absolute atomic E-state index is 0.149. The van der Waals surface area contributed by atoms with E-state index in [0.29, 0.717) is 20.5 Å². The third-order valence-electron chi connectivity index (χ3n) is 2.52. The molecule has 21 heavy (non-hydrogen) atoms. The fourth-order valence-corrected chi connectivity index (χ4v) is 2.65. The Balaban J connectivity index is 2.19. The number of hydrogen-bond acceptors (Lipinski definition) is 3. The molecule has 1 aromatic carbocycles. The maximum atomic E-state index is 12.4. The number of nitrogens with zero attached hydrogens (tertiary/aromatic N) is 1. The number of nitrogens with two attached hydrogens (primary N) is 1. The quantitative estimate of drug-likeness (QED) is 0.655. The van der Waals surface area contributed by atoms with E-state index >= 15 is 0 Å². The molecule has 0 saturated heterocycles. The third kappa shape index (κ3) is 3.89. The zero-order chi connectivity index (χ0) is 15.6. The topological polar surface area (TPSA) is 62.8 Å². The summed E-state index contributed by atoms with van der Waals surface area (Å²) >= 11 is 7.14. The van der Waals surface area contributed by atoms with Gasteiger partial charge in [0.05, 0.1) is 10.6 Å². The van der Waals surface area contributed by atoms with Gasteiger partial charge in [0.25, 0.3) is 0 Å². The number of alkyl halides is 3. The van der Waals surface area contributed by atoms with Crippen LogP contribution >= 0.6 is 23.4 Å². The van der Waals surface area contributed by atoms with E-state index in [0.717, 1.165) is 12.3 Å². The van der Waals surface area contributed by atoms with E-state index in [2.05, 4.69) is 4.98 Å². The van der Waals surface area contributed by atoms with Crippen LogP contribution < -0.4 is 5.73 Å². The van der Waals surface area contributed by atoms with E-state index in [1.807, 2.05) is 0 Å². The highest BCUT2D eigenvalue weighted by Gasteiger charge is 2.30. The zero-order valence-corrected chi connectivity index (χ0v) is 12.0. The van der Waals surface area contributed by atoms with Gasteiger partial charge in [-0.15, -0.1) is 0 Å². The lowest BCUT2D eigenvalue weighted by molar-refractivity contribution is -0.137. The molecule has 3 N–H and O–H groups in total. The molecule has 0 atom stereocenters. The van der Waals surface area contributed by atoms with E-state index in [1.165, 1.54) is 17.8 Å². The molecule has 0 aliphatic rings. The van der Waals surface area contributed by atoms with Crippen LogP contribution in [0.1, 0.15) is 11.1 Å². The van der Waals surface area contributed by atoms with Gasteiger partial charge in [0.15, 0.2) is 0 Å². The van der Waals surface area contributed by atoms with Gasteiger partial charge in [-0.25, -0.2) is 4.98 Å². The molecule has 1 aromatic heterocycles. The highest BCUT2D eigenvalue weighted by molar-refractivity contribution is 7.99. The van der Waals surface area contributed by atoms with Crippen LogP contribution in [0.4, 0.5) is 13.2 Å². The van der Waals surface area contributed by atoms with E-state index < -0.39 is 11.7 Å². The molecule has 2 aromatic rings. The predicted octanol–water partition coefficient (Wildman–Crippen LogP) is 4.19. The van der Waals surface area contributed by atoms with E-state index in [1.54, 1.807) is 18.2 Å². The normalized spacial score (nSPS) is 11.4. The number of hydrogen-bond donors (Lipinski definition) is 2. The van der Waals surface area contributed by atoms with Crippen molar-refractivity contribution in [2.75, 3.05) is 0 Å². The van der Waals surface area contributed by atoms with Gasteiger partial charge >= 0.3 is 6.18 Å². The molecule has 110 valence electrons. The van der Waals surface area contributed by atoms with Gasteiger partial charge < -0.3 is 5.73 Å². The van der Waals surface area contributed by atoms with E-state index in [-0.39, 0.29) is 5.84 Å². The standard InChI is InChI=1S/C13H9ClF3N3S/c14-10-5-8(2-3-9(10)12(18)19)21-11-4-1-7(6-20-11)13(15,16)17/h1-6H,(H3,18,19). The Morgan fingerprint density at radius 2 is 1.95 bits per heavy atom. The number of amidine groups is 1. The Kier molecular flexibility index (Phi) is 4.43. The van der Waals surface area contributed by atoms with E-state index in [4.69, 9.17) is 22.7 Å². The molecule has 0 fully saturated rings. The molecule has 0 bridgehead atoms. The second-order valence-electron chi connectivity index (χ2n) is 4.04. The van der Waals surface area contributed by atoms with Crippen LogP contribution in [0.3, 0.4) is 0 Å². The summed E-state index contributed by atoms with van der Waals surface area (Å²) in [5, 5.41) is 8.03. The molecule has 0 radical (unpaired) electrons. The van der Waals surface area contributed by atoms with Crippen molar-refractivity contribution in [3.63, 3.8) is 0 Å². The van der Waals surface area contributed by atoms with Gasteiger partial charge in [-0.1, -0.05) is 23.4 Å². The number of benzene rings is 1. The second-order valence-corrected chi connectivity index (χ2v) is 5.54. The molecule has 2 rings (SSSR count). The summed E-state index contributed by atoms with van der Waals surface area (Å²) in [6.07, 6.45) is -3.61. The van der Waals surface area contributed by atoms with Gasteiger partial charge in [0.2, 0.25) is 0 Å². The highest BCUT2D eigenvalue weighted by Crippen LogP contribution is 2.32. The second kappa shape index (κ2) is 5.95. The lowest BCUT2D eigenvalue weighted by atomic mass is 10.2. The Bertz CT molecular complexity index is 671. The molecule has 0 spiro atoms. The summed E-state index contributed by atoms with van der Waals surface area (Å²) in [7, 11) is 0. The molecule has 8 heteroatoms. The first-order valence-electron chi connectivity index (χ1n) is 5.62. The lowest BCUT2D eigenvalue weighted by Crippen LogP contribution is -2.11. The third-order valence-corrected chi connectivity index (χ3v) is 3.77. The van der Waals surface area contributed by atoms with Crippen molar-refractivity contribution < 1.29 is 13.2 Å². The first kappa shape index (κ1) is 15.7. The van der Waals surface area contributed by atoms with Crippen molar-refractivity contribution in [3.05, 3.63) is 52.7 Å². The van der Waals surface area contributed by atoms with Gasteiger partial charge in [0, 0.05) is 16.7 Å². The summed E-state index contributed by atoms with van der Waals surface area (Å²) < 4.78 is 37.3. The Morgan fingerprint density at radius 1 is 1.24 bits per heavy atom. The molecular weight excluding hydrogens is 323 g/mol. The van der Waals surface area contributed by atoms with Crippen molar-refractivity contribution in [2.24, 2.45) is 5.73 Å². The zero-order valence-electron chi connectivity index (χ0n) is 10.4. The molecule has 0 aliphatic heterocycles. The fraction of sp³-hybridized carbons (Fsp3) is 0.0769. The summed E-state index contributed by atoms with van der Waals surface area (Å²) in [4.78, 5) is 4.45. The van der Waals surface area contributed by atoms with Crippen molar-refractivity contribution in [1.29, 1.82) is 5.41 Å². The number of nitrogen functional groups attached to an aromatic ring is 1. The van der Waals surface area contributed by atoms with Crippen molar-refractivity contribution in [2.45, 2.75) is 16.1 Å². The van der Waals surface area contributed by atoms with Crippen LogP contribution in [0.5, 0.6) is 0 Å². The number of nitrogens with one attached hydrogen (secondary N) is 1. The van der Waals surface area contributed by atoms with Crippen LogP contribution in [-0.2, 0) is 6.18 Å². The monoisotopic (exact) mass is 331 g/mol. The van der Waals surface area contributed by atoms with Crippen LogP contribution in [0.2, 0.25) is 5.02 Å². The smallest absolute Gasteiger partial charge is 0.384 e. The first-order chi connectivity index (χ1) is 9.77. The molecule has 1 heterocycles. The van der Waals surface area contributed by atoms with Crippen LogP contribution in [-0.4, -0.2) is 10.8 Å². The van der Waals surface area contributed by atoms with Crippen molar-refractivity contribution in [3.8, 4) is 0 Å². The first-order valence-corrected chi connectivity index (χ1v) is 6.82. The molecule has 0 amide bonds. The summed E-state index contributed by atoms with van der Waals surface area (Å²) in [5.41, 5.74) is 4.96. The maximum absolute atomic E-state index is 12.4. The van der Waals surface area contributed by atoms with Crippen LogP contribution in [0.25, 0.3) is 0 Å². The Labute approximate surface area is 127 Å². The number of rotatable bonds is 3. The average molecular weight is 332 g/mol. The van der Waals surface area contributed by atoms with Gasteiger partial charge in [-0.05, 0) is 30.3 Å². The number of pyridine rings is 1. The van der Waals surface area contributed by atoms with Gasteiger partial charge in [-0.3, -0.25) is 5.41 Å². The Morgan fingerprint density at radius 3 is 2.43 bits per heavy atom. The highest BCUT2D eigenvalue weighted by atomic mass is 35.5. The molecule has 0 saturated carbocycles. The largest absolute Gasteiger partial charge is 0.417 e. The molecule has 3 nitrogen and oxygen atoms in total. The van der Waals surface area contributed by atoms with E-state index in [9.17, 15) is 13.2 Å². The summed E-state index contributed by atoms with van der Waals surface area (Å²) in [6.45, 7) is 0. The number of aromatic nitrogens is 1. The van der Waals surface area contributed by atoms with Crippen LogP contribution in [0.15, 0.2) is 46.5 Å². The maximum Gasteiger partial charge on any atom is 0.417 e. The van der Waals surface area contributed by atoms with Crippen molar-refractivity contribution in [1.82, 2.24) is 4.98 Å². The predicted molar refractivity (Wildman–Crippen MR) is 75.8 cm³/mol. The Hall–Kier alpha value is -1.73. The fourth-order valence-electron chi connectivity index (χ4n) is 1.51. The van der Waals surface area contributed by atoms with Crippen molar-refractivity contribution >= 4 is 29.2 Å². The lowest BCUT2D eigenvalue weighted by Gasteiger charge is -2.07. The van der Waals surface area contributed by atoms with Gasteiger partial charge in [-0.2, -0.15) is 13.2 Å². The number of halogens is 4. The molecule has 0 unspecified atom stereocenters. The molecular formula is C13H9ClF3N3S. The minimum Gasteiger partial charge on any atom is -0.384 e. The summed E-state index contributed by atoms with van der Waals surface area (Å²) in [6, 6.07) is 7.10. The average Bonchev–Trinajstić information content (AvgIpc) is 2.38. The summed E-state index contributed by atoms with van der Waals surface area (Å²) in [5.74, 6) is -0.149. The minimum atomic E-state index is -4.40. The molecule has 0 aliphatic carbocycles. The van der Waals surface area contributed by atoms with Crippen LogP contribution in [0, 0.1) is 5.41 Å².